The highest BCUT2D eigenvalue weighted by Gasteiger charge is 2.25. The first-order valence-corrected chi connectivity index (χ1v) is 6.03. The van der Waals surface area contributed by atoms with E-state index in [0.29, 0.717) is 11.8 Å². The van der Waals surface area contributed by atoms with Crippen molar-refractivity contribution >= 4 is 0 Å². The summed E-state index contributed by atoms with van der Waals surface area (Å²) >= 11 is 0. The Kier molecular flexibility index (Phi) is 3.55. The number of nitriles is 1. The van der Waals surface area contributed by atoms with Gasteiger partial charge in [-0.15, -0.1) is 0 Å². The lowest BCUT2D eigenvalue weighted by molar-refractivity contribution is 0.298. The third-order valence-electron chi connectivity index (χ3n) is 3.44. The van der Waals surface area contributed by atoms with E-state index in [-0.39, 0.29) is 6.42 Å². The van der Waals surface area contributed by atoms with Gasteiger partial charge >= 0.3 is 0 Å². The van der Waals surface area contributed by atoms with Crippen LogP contribution in [-0.2, 0) is 6.42 Å². The van der Waals surface area contributed by atoms with Crippen LogP contribution in [0.25, 0.3) is 0 Å². The van der Waals surface area contributed by atoms with Crippen molar-refractivity contribution in [3.05, 3.63) is 11.7 Å². The molecule has 2 rings (SSSR count). The monoisotopic (exact) mass is 219 g/mol. The molecule has 4 heteroatoms. The fourth-order valence-electron chi connectivity index (χ4n) is 2.47. The molecular weight excluding hydrogens is 202 g/mol. The van der Waals surface area contributed by atoms with Crippen LogP contribution in [-0.4, -0.2) is 10.1 Å². The van der Waals surface area contributed by atoms with E-state index < -0.39 is 0 Å². The Balaban J connectivity index is 2.02. The van der Waals surface area contributed by atoms with Gasteiger partial charge in [-0.05, 0) is 18.8 Å². The van der Waals surface area contributed by atoms with Crippen molar-refractivity contribution in [2.24, 2.45) is 5.92 Å². The van der Waals surface area contributed by atoms with Crippen molar-refractivity contribution in [1.29, 1.82) is 5.26 Å². The Morgan fingerprint density at radius 2 is 2.38 bits per heavy atom. The second kappa shape index (κ2) is 5.11. The van der Waals surface area contributed by atoms with Gasteiger partial charge in [0.2, 0.25) is 5.89 Å². The molecule has 0 aliphatic heterocycles. The first-order chi connectivity index (χ1) is 7.83. The van der Waals surface area contributed by atoms with E-state index in [0.717, 1.165) is 18.2 Å². The molecule has 0 saturated heterocycles. The molecule has 1 fully saturated rings. The van der Waals surface area contributed by atoms with Gasteiger partial charge in [-0.2, -0.15) is 10.2 Å². The van der Waals surface area contributed by atoms with E-state index in [4.69, 9.17) is 9.78 Å². The predicted molar refractivity (Wildman–Crippen MR) is 58.6 cm³/mol. The van der Waals surface area contributed by atoms with Crippen molar-refractivity contribution in [3.63, 3.8) is 0 Å². The van der Waals surface area contributed by atoms with Crippen LogP contribution in [0.3, 0.4) is 0 Å². The summed E-state index contributed by atoms with van der Waals surface area (Å²) < 4.78 is 5.04. The highest BCUT2D eigenvalue weighted by Crippen LogP contribution is 2.36. The highest BCUT2D eigenvalue weighted by atomic mass is 16.5. The molecule has 0 aromatic carbocycles. The van der Waals surface area contributed by atoms with Crippen LogP contribution in [0, 0.1) is 17.2 Å². The zero-order valence-electron chi connectivity index (χ0n) is 9.65. The molecular formula is C12H17N3O. The zero-order valence-corrected chi connectivity index (χ0v) is 9.65. The zero-order chi connectivity index (χ0) is 11.4. The van der Waals surface area contributed by atoms with E-state index >= 15 is 0 Å². The number of aromatic nitrogens is 2. The maximum atomic E-state index is 8.54. The molecule has 0 N–H and O–H groups in total. The smallest absolute Gasteiger partial charge is 0.240 e. The molecule has 0 radical (unpaired) electrons. The molecule has 1 aromatic rings. The van der Waals surface area contributed by atoms with Gasteiger partial charge in [0, 0.05) is 5.92 Å². The molecule has 0 bridgehead atoms. The van der Waals surface area contributed by atoms with Gasteiger partial charge in [-0.3, -0.25) is 0 Å². The molecule has 4 nitrogen and oxygen atoms in total. The van der Waals surface area contributed by atoms with Gasteiger partial charge in [0.25, 0.3) is 0 Å². The summed E-state index contributed by atoms with van der Waals surface area (Å²) in [4.78, 5) is 4.29. The minimum Gasteiger partial charge on any atom is -0.338 e. The van der Waals surface area contributed by atoms with Crippen LogP contribution in [0.2, 0.25) is 0 Å². The third-order valence-corrected chi connectivity index (χ3v) is 3.44. The average molecular weight is 219 g/mol. The number of hydrogen-bond donors (Lipinski definition) is 0. The molecule has 86 valence electrons. The largest absolute Gasteiger partial charge is 0.338 e. The predicted octanol–water partition coefficient (Wildman–Crippen LogP) is 2.82. The van der Waals surface area contributed by atoms with Crippen LogP contribution >= 0.6 is 0 Å². The van der Waals surface area contributed by atoms with E-state index in [9.17, 15) is 0 Å². The molecule has 2 atom stereocenters. The van der Waals surface area contributed by atoms with E-state index in [1.165, 1.54) is 25.7 Å². The average Bonchev–Trinajstić information content (AvgIpc) is 2.78. The maximum absolute atomic E-state index is 8.54. The summed E-state index contributed by atoms with van der Waals surface area (Å²) in [6.45, 7) is 2.24. The molecule has 1 heterocycles. The summed E-state index contributed by atoms with van der Waals surface area (Å²) in [5.74, 6) is 2.51. The van der Waals surface area contributed by atoms with E-state index in [2.05, 4.69) is 17.1 Å². The summed E-state index contributed by atoms with van der Waals surface area (Å²) in [7, 11) is 0. The van der Waals surface area contributed by atoms with Crippen molar-refractivity contribution in [3.8, 4) is 6.07 Å². The quantitative estimate of drug-likeness (QED) is 0.784. The first kappa shape index (κ1) is 11.1. The van der Waals surface area contributed by atoms with Crippen LogP contribution in [0.1, 0.15) is 56.7 Å². The first-order valence-electron chi connectivity index (χ1n) is 6.03. The number of hydrogen-bond acceptors (Lipinski definition) is 4. The van der Waals surface area contributed by atoms with Gasteiger partial charge in [0.1, 0.15) is 6.42 Å². The topological polar surface area (TPSA) is 62.7 Å². The van der Waals surface area contributed by atoms with Gasteiger partial charge in [0.05, 0.1) is 6.07 Å². The fraction of sp³-hybridized carbons (Fsp3) is 0.750. The van der Waals surface area contributed by atoms with Gasteiger partial charge in [0.15, 0.2) is 5.82 Å². The summed E-state index contributed by atoms with van der Waals surface area (Å²) in [5.41, 5.74) is 0. The van der Waals surface area contributed by atoms with E-state index in [1.807, 2.05) is 6.07 Å². The molecule has 1 saturated carbocycles. The minimum atomic E-state index is 0.219. The second-order valence-electron chi connectivity index (χ2n) is 4.52. The summed E-state index contributed by atoms with van der Waals surface area (Å²) in [6, 6.07) is 2.02. The Morgan fingerprint density at radius 1 is 1.50 bits per heavy atom. The maximum Gasteiger partial charge on any atom is 0.240 e. The number of rotatable bonds is 3. The lowest BCUT2D eigenvalue weighted by Crippen LogP contribution is -2.14. The Labute approximate surface area is 95.7 Å². The number of nitrogens with zero attached hydrogens (tertiary/aromatic N) is 3. The molecule has 0 amide bonds. The van der Waals surface area contributed by atoms with Crippen LogP contribution in [0.15, 0.2) is 4.52 Å². The highest BCUT2D eigenvalue weighted by molar-refractivity contribution is 5.00. The van der Waals surface area contributed by atoms with Gasteiger partial charge < -0.3 is 4.52 Å². The second-order valence-corrected chi connectivity index (χ2v) is 4.52. The summed E-state index contributed by atoms with van der Waals surface area (Å²) in [5, 5.41) is 12.5. The van der Waals surface area contributed by atoms with Crippen LogP contribution < -0.4 is 0 Å². The minimum absolute atomic E-state index is 0.219. The summed E-state index contributed by atoms with van der Waals surface area (Å²) in [6.07, 6.45) is 6.36. The van der Waals surface area contributed by atoms with Gasteiger partial charge in [-0.25, -0.2) is 0 Å². The molecule has 1 aliphatic carbocycles. The lowest BCUT2D eigenvalue weighted by atomic mass is 9.80. The Hall–Kier alpha value is -1.37. The van der Waals surface area contributed by atoms with Crippen LogP contribution in [0.5, 0.6) is 0 Å². The van der Waals surface area contributed by atoms with Crippen molar-refractivity contribution in [2.75, 3.05) is 0 Å². The lowest BCUT2D eigenvalue weighted by Gasteiger charge is -2.26. The molecule has 2 unspecified atom stereocenters. The van der Waals surface area contributed by atoms with E-state index in [1.54, 1.807) is 0 Å². The molecule has 1 aromatic heterocycles. The van der Waals surface area contributed by atoms with Crippen molar-refractivity contribution in [1.82, 2.24) is 10.1 Å². The SMILES string of the molecule is CCC1CCCC(c2noc(CC#N)n2)C1. The molecule has 0 spiro atoms. The van der Waals surface area contributed by atoms with Crippen molar-refractivity contribution < 1.29 is 4.52 Å². The third kappa shape index (κ3) is 2.41. The Bertz CT molecular complexity index is 380. The molecule has 1 aliphatic rings. The fourth-order valence-corrected chi connectivity index (χ4v) is 2.47. The standard InChI is InChI=1S/C12H17N3O/c1-2-9-4-3-5-10(8-9)12-14-11(6-7-13)16-15-12/h9-10H,2-6,8H2,1H3. The normalized spacial score (nSPS) is 25.2. The van der Waals surface area contributed by atoms with Gasteiger partial charge in [-0.1, -0.05) is 31.3 Å². The van der Waals surface area contributed by atoms with Crippen molar-refractivity contribution in [2.45, 2.75) is 51.4 Å². The van der Waals surface area contributed by atoms with Crippen LogP contribution in [0.4, 0.5) is 0 Å². The molecule has 16 heavy (non-hydrogen) atoms. The Morgan fingerprint density at radius 3 is 3.12 bits per heavy atom.